The maximum absolute atomic E-state index is 12.7. The fourth-order valence-electron chi connectivity index (χ4n) is 7.26. The lowest BCUT2D eigenvalue weighted by Gasteiger charge is -2.62. The zero-order chi connectivity index (χ0) is 21.1. The lowest BCUT2D eigenvalue weighted by molar-refractivity contribution is -0.170. The third-order valence-electron chi connectivity index (χ3n) is 8.35. The number of phenols is 1. The summed E-state index contributed by atoms with van der Waals surface area (Å²) in [5.74, 6) is 0.740. The molecule has 0 saturated carbocycles. The fourth-order valence-corrected chi connectivity index (χ4v) is 7.26. The highest BCUT2D eigenvalue weighted by Gasteiger charge is 2.72. The Bertz CT molecular complexity index is 1290. The number of aromatic amines is 1. The molecule has 5 heteroatoms. The Labute approximate surface area is 181 Å². The van der Waals surface area contributed by atoms with Gasteiger partial charge in [-0.05, 0) is 43.0 Å². The third-order valence-corrected chi connectivity index (χ3v) is 8.35. The highest BCUT2D eigenvalue weighted by molar-refractivity contribution is 5.86. The summed E-state index contributed by atoms with van der Waals surface area (Å²) < 4.78 is 6.57. The van der Waals surface area contributed by atoms with Crippen LogP contribution in [0, 0.1) is 0 Å². The van der Waals surface area contributed by atoms with Crippen molar-refractivity contribution >= 4 is 10.9 Å². The van der Waals surface area contributed by atoms with Gasteiger partial charge in [-0.15, -0.1) is 0 Å². The van der Waals surface area contributed by atoms with Crippen molar-refractivity contribution in [1.29, 1.82) is 0 Å². The summed E-state index contributed by atoms with van der Waals surface area (Å²) in [4.78, 5) is 6.03. The molecular weight excluding hydrogens is 388 g/mol. The predicted octanol–water partition coefficient (Wildman–Crippen LogP) is 3.74. The lowest BCUT2D eigenvalue weighted by atomic mass is 9.49. The fraction of sp³-hybridized carbons (Fsp3) is 0.385. The summed E-state index contributed by atoms with van der Waals surface area (Å²) >= 11 is 0. The van der Waals surface area contributed by atoms with Gasteiger partial charge >= 0.3 is 0 Å². The molecule has 1 aromatic heterocycles. The number of nitrogens with zero attached hydrogens (tertiary/aromatic N) is 1. The molecular formula is C26H26N2O3. The van der Waals surface area contributed by atoms with E-state index in [1.54, 1.807) is 6.07 Å². The van der Waals surface area contributed by atoms with Gasteiger partial charge in [0.2, 0.25) is 0 Å². The molecule has 0 radical (unpaired) electrons. The van der Waals surface area contributed by atoms with Gasteiger partial charge in [0.05, 0.1) is 16.7 Å². The van der Waals surface area contributed by atoms with Crippen LogP contribution in [0.2, 0.25) is 0 Å². The summed E-state index contributed by atoms with van der Waals surface area (Å²) in [6.07, 6.45) is 1.79. The standard InChI is InChI=1S/C26H26N2O3/c1-14(2)13-28-10-9-25-21-15-7-8-19(29)23(21)31-24(25)22-17(12-26(25,30)20(28)11-15)16-5-3-4-6-18(16)27-22/h3-8,20,24,27,29-30H,1,9-13H2,2H3/t20?,24-,25+,26-/m0/s1. The van der Waals surface area contributed by atoms with Crippen LogP contribution in [0.1, 0.15) is 41.8 Å². The Morgan fingerprint density at radius 1 is 1.29 bits per heavy atom. The second kappa shape index (κ2) is 5.53. The number of benzene rings is 2. The van der Waals surface area contributed by atoms with Gasteiger partial charge in [-0.25, -0.2) is 0 Å². The second-order valence-electron chi connectivity index (χ2n) is 9.98. The summed E-state index contributed by atoms with van der Waals surface area (Å²) in [5.41, 5.74) is 5.08. The molecule has 3 N–H and O–H groups in total. The van der Waals surface area contributed by atoms with Crippen LogP contribution in [-0.2, 0) is 18.3 Å². The molecule has 7 rings (SSSR count). The van der Waals surface area contributed by atoms with Crippen LogP contribution in [0.15, 0.2) is 48.6 Å². The number of hydrogen-bond acceptors (Lipinski definition) is 4. The van der Waals surface area contributed by atoms with E-state index < -0.39 is 11.0 Å². The van der Waals surface area contributed by atoms with Crippen molar-refractivity contribution in [3.05, 3.63) is 70.9 Å². The van der Waals surface area contributed by atoms with Crippen LogP contribution in [0.3, 0.4) is 0 Å². The molecule has 0 amide bonds. The minimum atomic E-state index is -0.977. The SMILES string of the molecule is C=C(C)CN1CC[C@@]23c4c5ccc(O)c4O[C@H]2c2[nH]c4ccccc4c2C[C@]3(O)C1C5. The van der Waals surface area contributed by atoms with Crippen molar-refractivity contribution in [3.8, 4) is 11.5 Å². The number of piperidine rings is 1. The zero-order valence-corrected chi connectivity index (χ0v) is 17.6. The van der Waals surface area contributed by atoms with Gasteiger partial charge in [0.25, 0.3) is 0 Å². The Morgan fingerprint density at radius 2 is 2.13 bits per heavy atom. The number of H-pyrrole nitrogens is 1. The molecule has 3 heterocycles. The molecule has 1 unspecified atom stereocenters. The minimum Gasteiger partial charge on any atom is -0.504 e. The number of aliphatic hydroxyl groups is 1. The van der Waals surface area contributed by atoms with Gasteiger partial charge in [-0.1, -0.05) is 36.4 Å². The molecule has 1 spiro atoms. The number of fused-ring (bicyclic) bond motifs is 4. The number of ether oxygens (including phenoxy) is 1. The smallest absolute Gasteiger partial charge is 0.166 e. The summed E-state index contributed by atoms with van der Waals surface area (Å²) in [5, 5.41) is 24.5. The molecule has 31 heavy (non-hydrogen) atoms. The van der Waals surface area contributed by atoms with Crippen LogP contribution in [0.5, 0.6) is 11.5 Å². The van der Waals surface area contributed by atoms with Crippen LogP contribution < -0.4 is 4.74 Å². The molecule has 2 aliphatic heterocycles. The Balaban J connectivity index is 1.54. The maximum atomic E-state index is 12.7. The van der Waals surface area contributed by atoms with Crippen LogP contribution in [0.4, 0.5) is 0 Å². The molecule has 2 aliphatic carbocycles. The van der Waals surface area contributed by atoms with Gasteiger partial charge in [-0.3, -0.25) is 4.90 Å². The Morgan fingerprint density at radius 3 is 2.97 bits per heavy atom. The van der Waals surface area contributed by atoms with Crippen molar-refractivity contribution in [1.82, 2.24) is 9.88 Å². The maximum Gasteiger partial charge on any atom is 0.166 e. The van der Waals surface area contributed by atoms with Gasteiger partial charge in [0, 0.05) is 42.0 Å². The van der Waals surface area contributed by atoms with E-state index in [2.05, 4.69) is 35.5 Å². The third kappa shape index (κ3) is 1.91. The molecule has 5 nitrogen and oxygen atoms in total. The first-order valence-corrected chi connectivity index (χ1v) is 11.2. The highest BCUT2D eigenvalue weighted by atomic mass is 16.5. The Hall–Kier alpha value is -2.76. The normalized spacial score (nSPS) is 32.5. The largest absolute Gasteiger partial charge is 0.504 e. The number of para-hydroxylation sites is 1. The van der Waals surface area contributed by atoms with Gasteiger partial charge in [-0.2, -0.15) is 0 Å². The summed E-state index contributed by atoms with van der Waals surface area (Å²) in [7, 11) is 0. The van der Waals surface area contributed by atoms with Crippen molar-refractivity contribution < 1.29 is 14.9 Å². The van der Waals surface area contributed by atoms with Crippen molar-refractivity contribution in [2.75, 3.05) is 13.1 Å². The highest BCUT2D eigenvalue weighted by Crippen LogP contribution is 2.68. The molecule has 1 fully saturated rings. The number of nitrogens with one attached hydrogen (secondary N) is 1. The topological polar surface area (TPSA) is 68.7 Å². The van der Waals surface area contributed by atoms with Crippen molar-refractivity contribution in [2.24, 2.45) is 0 Å². The van der Waals surface area contributed by atoms with E-state index in [1.807, 2.05) is 18.2 Å². The number of aromatic hydroxyl groups is 1. The van der Waals surface area contributed by atoms with E-state index in [0.717, 1.165) is 59.2 Å². The first kappa shape index (κ1) is 17.9. The second-order valence-corrected chi connectivity index (χ2v) is 9.98. The average molecular weight is 415 g/mol. The van der Waals surface area contributed by atoms with Crippen LogP contribution in [0.25, 0.3) is 10.9 Å². The molecule has 4 atom stereocenters. The predicted molar refractivity (Wildman–Crippen MR) is 119 cm³/mol. The number of likely N-dealkylation sites (tertiary alicyclic amines) is 1. The quantitative estimate of drug-likeness (QED) is 0.559. The van der Waals surface area contributed by atoms with E-state index in [9.17, 15) is 10.2 Å². The van der Waals surface area contributed by atoms with Gasteiger partial charge in [0.15, 0.2) is 17.6 Å². The van der Waals surface area contributed by atoms with E-state index >= 15 is 0 Å². The molecule has 2 bridgehead atoms. The number of hydrogen-bond donors (Lipinski definition) is 3. The first-order valence-electron chi connectivity index (χ1n) is 11.2. The van der Waals surface area contributed by atoms with Gasteiger partial charge < -0.3 is 19.9 Å². The number of phenolic OH excluding ortho intramolecular Hbond substituents is 1. The average Bonchev–Trinajstić information content (AvgIpc) is 3.27. The molecule has 2 aromatic carbocycles. The van der Waals surface area contributed by atoms with E-state index in [0.29, 0.717) is 12.2 Å². The lowest BCUT2D eigenvalue weighted by Crippen LogP contribution is -2.74. The van der Waals surface area contributed by atoms with E-state index in [-0.39, 0.29) is 17.9 Å². The summed E-state index contributed by atoms with van der Waals surface area (Å²) in [6, 6.07) is 12.1. The monoisotopic (exact) mass is 414 g/mol. The summed E-state index contributed by atoms with van der Waals surface area (Å²) in [6.45, 7) is 7.87. The molecule has 158 valence electrons. The zero-order valence-electron chi connectivity index (χ0n) is 17.6. The molecule has 3 aromatic rings. The first-order chi connectivity index (χ1) is 14.9. The van der Waals surface area contributed by atoms with Crippen LogP contribution >= 0.6 is 0 Å². The van der Waals surface area contributed by atoms with Crippen LogP contribution in [-0.4, -0.2) is 44.8 Å². The van der Waals surface area contributed by atoms with Gasteiger partial charge in [0.1, 0.15) is 0 Å². The number of aromatic nitrogens is 1. The van der Waals surface area contributed by atoms with Crippen molar-refractivity contribution in [2.45, 2.75) is 49.3 Å². The van der Waals surface area contributed by atoms with E-state index in [4.69, 9.17) is 4.74 Å². The minimum absolute atomic E-state index is 0.0196. The molecule has 1 saturated heterocycles. The molecule has 4 aliphatic rings. The van der Waals surface area contributed by atoms with Crippen molar-refractivity contribution in [3.63, 3.8) is 0 Å². The van der Waals surface area contributed by atoms with E-state index in [1.165, 1.54) is 5.56 Å². The Kier molecular flexibility index (Phi) is 3.19. The number of rotatable bonds is 2.